The normalized spacial score (nSPS) is 14.3. The third kappa shape index (κ3) is 3.42. The molecule has 5 rings (SSSR count). The molecule has 0 spiro atoms. The molecule has 4 nitrogen and oxygen atoms in total. The molecule has 29 heavy (non-hydrogen) atoms. The number of nitrogens with zero attached hydrogens (tertiary/aromatic N) is 2. The third-order valence-electron chi connectivity index (χ3n) is 5.62. The Balaban J connectivity index is 1.76. The SMILES string of the molecule is O=c1[nH]c(-c2ccccc2)cc2cc(-c3ccccc3)nc(N3CCCCC3)c12. The zero-order valence-corrected chi connectivity index (χ0v) is 16.3. The lowest BCUT2D eigenvalue weighted by molar-refractivity contribution is 0.575. The molecule has 2 aromatic carbocycles. The highest BCUT2D eigenvalue weighted by atomic mass is 16.1. The van der Waals surface area contributed by atoms with Gasteiger partial charge in [-0.2, -0.15) is 0 Å². The largest absolute Gasteiger partial charge is 0.356 e. The summed E-state index contributed by atoms with van der Waals surface area (Å²) >= 11 is 0. The highest BCUT2D eigenvalue weighted by Crippen LogP contribution is 2.31. The number of H-pyrrole nitrogens is 1. The second-order valence-electron chi connectivity index (χ2n) is 7.59. The van der Waals surface area contributed by atoms with E-state index < -0.39 is 0 Å². The van der Waals surface area contributed by atoms with Crippen molar-refractivity contribution >= 4 is 16.6 Å². The van der Waals surface area contributed by atoms with Crippen molar-refractivity contribution in [3.8, 4) is 22.5 Å². The first-order valence-corrected chi connectivity index (χ1v) is 10.2. The van der Waals surface area contributed by atoms with E-state index in [-0.39, 0.29) is 5.56 Å². The topological polar surface area (TPSA) is 49.0 Å². The Bertz CT molecular complexity index is 1190. The molecule has 0 saturated carbocycles. The highest BCUT2D eigenvalue weighted by molar-refractivity contribution is 5.96. The predicted octanol–water partition coefficient (Wildman–Crippen LogP) is 5.25. The number of benzene rings is 2. The Hall–Kier alpha value is -3.40. The lowest BCUT2D eigenvalue weighted by atomic mass is 10.0. The first-order chi connectivity index (χ1) is 14.3. The van der Waals surface area contributed by atoms with E-state index >= 15 is 0 Å². The summed E-state index contributed by atoms with van der Waals surface area (Å²) < 4.78 is 0. The molecule has 0 atom stereocenters. The molecule has 1 aliphatic heterocycles. The van der Waals surface area contributed by atoms with Gasteiger partial charge < -0.3 is 9.88 Å². The molecule has 0 amide bonds. The summed E-state index contributed by atoms with van der Waals surface area (Å²) in [6.45, 7) is 1.89. The van der Waals surface area contributed by atoms with E-state index in [0.717, 1.165) is 59.7 Å². The summed E-state index contributed by atoms with van der Waals surface area (Å²) in [5.41, 5.74) is 3.73. The molecule has 1 saturated heterocycles. The van der Waals surface area contributed by atoms with Gasteiger partial charge in [-0.15, -0.1) is 0 Å². The van der Waals surface area contributed by atoms with E-state index in [1.165, 1.54) is 6.42 Å². The van der Waals surface area contributed by atoms with Crippen LogP contribution in [0.2, 0.25) is 0 Å². The van der Waals surface area contributed by atoms with Crippen molar-refractivity contribution in [3.05, 3.63) is 83.2 Å². The number of hydrogen-bond acceptors (Lipinski definition) is 3. The van der Waals surface area contributed by atoms with Gasteiger partial charge in [0.1, 0.15) is 5.82 Å². The minimum absolute atomic E-state index is 0.0750. The second kappa shape index (κ2) is 7.55. The summed E-state index contributed by atoms with van der Waals surface area (Å²) in [6, 6.07) is 24.3. The fourth-order valence-electron chi connectivity index (χ4n) is 4.14. The first-order valence-electron chi connectivity index (χ1n) is 10.2. The highest BCUT2D eigenvalue weighted by Gasteiger charge is 2.19. The Labute approximate surface area is 169 Å². The Kier molecular flexibility index (Phi) is 4.60. The van der Waals surface area contributed by atoms with Crippen molar-refractivity contribution < 1.29 is 0 Å². The molecule has 0 unspecified atom stereocenters. The molecule has 2 aromatic heterocycles. The quantitative estimate of drug-likeness (QED) is 0.527. The van der Waals surface area contributed by atoms with Gasteiger partial charge in [0.2, 0.25) is 0 Å². The van der Waals surface area contributed by atoms with Gasteiger partial charge in [-0.25, -0.2) is 4.98 Å². The Morgan fingerprint density at radius 3 is 2.14 bits per heavy atom. The molecule has 1 fully saturated rings. The van der Waals surface area contributed by atoms with E-state index in [0.29, 0.717) is 5.39 Å². The Morgan fingerprint density at radius 1 is 0.793 bits per heavy atom. The molecule has 3 heterocycles. The zero-order chi connectivity index (χ0) is 19.6. The number of hydrogen-bond donors (Lipinski definition) is 1. The van der Waals surface area contributed by atoms with Gasteiger partial charge >= 0.3 is 0 Å². The van der Waals surface area contributed by atoms with Gasteiger partial charge in [-0.05, 0) is 42.3 Å². The van der Waals surface area contributed by atoms with Crippen LogP contribution in [0.1, 0.15) is 19.3 Å². The molecule has 1 N–H and O–H groups in total. The van der Waals surface area contributed by atoms with E-state index in [9.17, 15) is 4.79 Å². The summed E-state index contributed by atoms with van der Waals surface area (Å²) in [4.78, 5) is 23.5. The summed E-state index contributed by atoms with van der Waals surface area (Å²) in [7, 11) is 0. The molecular formula is C25H23N3O. The van der Waals surface area contributed by atoms with Crippen LogP contribution < -0.4 is 10.5 Å². The smallest absolute Gasteiger partial charge is 0.260 e. The van der Waals surface area contributed by atoms with Gasteiger partial charge in [0.05, 0.1) is 11.1 Å². The summed E-state index contributed by atoms with van der Waals surface area (Å²) in [5.74, 6) is 0.807. The summed E-state index contributed by atoms with van der Waals surface area (Å²) in [5, 5.41) is 1.62. The van der Waals surface area contributed by atoms with E-state index in [1.807, 2.05) is 54.6 Å². The van der Waals surface area contributed by atoms with Crippen LogP contribution in [-0.2, 0) is 0 Å². The fraction of sp³-hybridized carbons (Fsp3) is 0.200. The van der Waals surface area contributed by atoms with Crippen LogP contribution in [0.5, 0.6) is 0 Å². The fourth-order valence-corrected chi connectivity index (χ4v) is 4.14. The lowest BCUT2D eigenvalue weighted by Gasteiger charge is -2.29. The maximum Gasteiger partial charge on any atom is 0.260 e. The molecule has 0 bridgehead atoms. The van der Waals surface area contributed by atoms with Gasteiger partial charge in [0.25, 0.3) is 5.56 Å². The van der Waals surface area contributed by atoms with Crippen LogP contribution in [0.15, 0.2) is 77.6 Å². The van der Waals surface area contributed by atoms with Crippen molar-refractivity contribution in [2.75, 3.05) is 18.0 Å². The van der Waals surface area contributed by atoms with Crippen molar-refractivity contribution in [2.24, 2.45) is 0 Å². The predicted molar refractivity (Wildman–Crippen MR) is 119 cm³/mol. The molecule has 4 heteroatoms. The molecule has 4 aromatic rings. The number of pyridine rings is 2. The van der Waals surface area contributed by atoms with Gasteiger partial charge in [0, 0.05) is 24.3 Å². The summed E-state index contributed by atoms with van der Waals surface area (Å²) in [6.07, 6.45) is 3.51. The zero-order valence-electron chi connectivity index (χ0n) is 16.3. The number of piperidine rings is 1. The first kappa shape index (κ1) is 17.7. The third-order valence-corrected chi connectivity index (χ3v) is 5.62. The standard InChI is InChI=1S/C25H23N3O/c29-25-23-20(17-22(27-25)19-12-6-2-7-13-19)16-21(18-10-4-1-5-11-18)26-24(23)28-14-8-3-9-15-28/h1-2,4-7,10-13,16-17H,3,8-9,14-15H2,(H,27,29). The molecule has 144 valence electrons. The van der Waals surface area contributed by atoms with Crippen LogP contribution in [0, 0.1) is 0 Å². The number of nitrogens with one attached hydrogen (secondary N) is 1. The molecule has 0 aliphatic carbocycles. The van der Waals surface area contributed by atoms with Crippen LogP contribution in [-0.4, -0.2) is 23.1 Å². The number of rotatable bonds is 3. The van der Waals surface area contributed by atoms with E-state index in [4.69, 9.17) is 4.98 Å². The van der Waals surface area contributed by atoms with E-state index in [2.05, 4.69) is 28.1 Å². The van der Waals surface area contributed by atoms with Crippen molar-refractivity contribution in [2.45, 2.75) is 19.3 Å². The average molecular weight is 381 g/mol. The molecule has 0 radical (unpaired) electrons. The number of anilines is 1. The number of aromatic amines is 1. The maximum absolute atomic E-state index is 13.2. The van der Waals surface area contributed by atoms with Crippen molar-refractivity contribution in [1.29, 1.82) is 0 Å². The number of fused-ring (bicyclic) bond motifs is 1. The van der Waals surface area contributed by atoms with Crippen molar-refractivity contribution in [3.63, 3.8) is 0 Å². The lowest BCUT2D eigenvalue weighted by Crippen LogP contribution is -2.31. The van der Waals surface area contributed by atoms with Crippen LogP contribution in [0.3, 0.4) is 0 Å². The van der Waals surface area contributed by atoms with Crippen LogP contribution >= 0.6 is 0 Å². The molecular weight excluding hydrogens is 358 g/mol. The van der Waals surface area contributed by atoms with Crippen molar-refractivity contribution in [1.82, 2.24) is 9.97 Å². The van der Waals surface area contributed by atoms with Gasteiger partial charge in [-0.3, -0.25) is 4.79 Å². The van der Waals surface area contributed by atoms with Gasteiger partial charge in [0.15, 0.2) is 0 Å². The van der Waals surface area contributed by atoms with E-state index in [1.54, 1.807) is 0 Å². The molecule has 1 aliphatic rings. The Morgan fingerprint density at radius 2 is 1.45 bits per heavy atom. The number of aromatic nitrogens is 2. The van der Waals surface area contributed by atoms with Gasteiger partial charge in [-0.1, -0.05) is 60.7 Å². The monoisotopic (exact) mass is 381 g/mol. The second-order valence-corrected chi connectivity index (χ2v) is 7.59. The average Bonchev–Trinajstić information content (AvgIpc) is 2.80. The maximum atomic E-state index is 13.2. The van der Waals surface area contributed by atoms with Crippen LogP contribution in [0.4, 0.5) is 5.82 Å². The minimum atomic E-state index is -0.0750. The minimum Gasteiger partial charge on any atom is -0.356 e. The van der Waals surface area contributed by atoms with Crippen LogP contribution in [0.25, 0.3) is 33.3 Å².